The van der Waals surface area contributed by atoms with Gasteiger partial charge in [0.05, 0.1) is 12.5 Å². The van der Waals surface area contributed by atoms with Crippen LogP contribution in [0.2, 0.25) is 0 Å². The number of esters is 1. The second-order valence-corrected chi connectivity index (χ2v) is 4.02. The van der Waals surface area contributed by atoms with Crippen molar-refractivity contribution < 1.29 is 9.53 Å². The molecular weight excluding hydrogens is 216 g/mol. The molecule has 0 aliphatic heterocycles. The first-order chi connectivity index (χ1) is 8.26. The van der Waals surface area contributed by atoms with Gasteiger partial charge in [0.1, 0.15) is 18.4 Å². The van der Waals surface area contributed by atoms with Crippen LogP contribution in [-0.2, 0) is 22.7 Å². The van der Waals surface area contributed by atoms with Crippen LogP contribution in [0.25, 0.3) is 0 Å². The predicted molar refractivity (Wildman–Crippen MR) is 60.5 cm³/mol. The van der Waals surface area contributed by atoms with E-state index < -0.39 is 0 Å². The van der Waals surface area contributed by atoms with Gasteiger partial charge in [0.2, 0.25) is 0 Å². The molecule has 4 nitrogen and oxygen atoms in total. The second-order valence-electron chi connectivity index (χ2n) is 4.02. The van der Waals surface area contributed by atoms with Crippen LogP contribution in [0, 0.1) is 29.6 Å². The molecule has 1 aliphatic rings. The minimum atomic E-state index is -0.168. The number of nitriles is 1. The molecule has 4 heteroatoms. The first kappa shape index (κ1) is 11.3. The van der Waals surface area contributed by atoms with Crippen molar-refractivity contribution in [2.75, 3.05) is 0 Å². The highest BCUT2D eigenvalue weighted by atomic mass is 16.5. The zero-order valence-electron chi connectivity index (χ0n) is 9.35. The van der Waals surface area contributed by atoms with E-state index in [2.05, 4.69) is 12.0 Å². The summed E-state index contributed by atoms with van der Waals surface area (Å²) in [6.07, 6.45) is 8.77. The quantitative estimate of drug-likeness (QED) is 0.579. The van der Waals surface area contributed by atoms with Gasteiger partial charge in [0.15, 0.2) is 0 Å². The highest BCUT2D eigenvalue weighted by Gasteiger charge is 2.31. The van der Waals surface area contributed by atoms with Gasteiger partial charge in [0.25, 0.3) is 0 Å². The largest absolute Gasteiger partial charge is 0.460 e. The number of carbonyl (C=O) groups excluding carboxylic acids is 1. The molecule has 1 heterocycles. The summed E-state index contributed by atoms with van der Waals surface area (Å²) in [6.45, 7) is 0.495. The Morgan fingerprint density at radius 1 is 1.65 bits per heavy atom. The van der Waals surface area contributed by atoms with E-state index in [1.165, 1.54) is 0 Å². The van der Waals surface area contributed by atoms with Gasteiger partial charge in [0, 0.05) is 11.8 Å². The molecule has 0 amide bonds. The standard InChI is InChI=1S/C13H12N2O2/c1-2-6-15-7-5-11(12(15)8-14)9-17-13(16)10-3-4-10/h1,5,7,10H,3-4,6,9H2. The Morgan fingerprint density at radius 2 is 2.41 bits per heavy atom. The number of hydrogen-bond acceptors (Lipinski definition) is 3. The number of ether oxygens (including phenoxy) is 1. The average Bonchev–Trinajstić information content (AvgIpc) is 3.10. The van der Waals surface area contributed by atoms with Gasteiger partial charge in [-0.2, -0.15) is 5.26 Å². The van der Waals surface area contributed by atoms with Gasteiger partial charge in [-0.1, -0.05) is 5.92 Å². The molecule has 0 unspecified atom stereocenters. The molecule has 86 valence electrons. The smallest absolute Gasteiger partial charge is 0.309 e. The summed E-state index contributed by atoms with van der Waals surface area (Å²) in [6, 6.07) is 3.83. The molecule has 1 aromatic heterocycles. The summed E-state index contributed by atoms with van der Waals surface area (Å²) in [5.74, 6) is 2.38. The van der Waals surface area contributed by atoms with Crippen LogP contribution in [-0.4, -0.2) is 10.5 Å². The molecule has 0 atom stereocenters. The van der Waals surface area contributed by atoms with Gasteiger partial charge in [-0.15, -0.1) is 6.42 Å². The third-order valence-corrected chi connectivity index (χ3v) is 2.70. The minimum Gasteiger partial charge on any atom is -0.460 e. The molecule has 1 fully saturated rings. The molecule has 1 aromatic rings. The molecule has 2 rings (SSSR count). The minimum absolute atomic E-state index is 0.0772. The Kier molecular flexibility index (Phi) is 3.16. The van der Waals surface area contributed by atoms with Crippen molar-refractivity contribution in [3.63, 3.8) is 0 Å². The van der Waals surface area contributed by atoms with Gasteiger partial charge in [-0.05, 0) is 18.9 Å². The van der Waals surface area contributed by atoms with Crippen LogP contribution in [0.15, 0.2) is 12.3 Å². The van der Waals surface area contributed by atoms with Crippen LogP contribution in [0.5, 0.6) is 0 Å². The SMILES string of the molecule is C#CCn1ccc(COC(=O)C2CC2)c1C#N. The summed E-state index contributed by atoms with van der Waals surface area (Å²) in [7, 11) is 0. The van der Waals surface area contributed by atoms with E-state index in [0.29, 0.717) is 17.8 Å². The molecule has 0 radical (unpaired) electrons. The lowest BCUT2D eigenvalue weighted by Crippen LogP contribution is -2.07. The third kappa shape index (κ3) is 2.49. The Morgan fingerprint density at radius 3 is 3.00 bits per heavy atom. The Labute approximate surface area is 99.8 Å². The topological polar surface area (TPSA) is 55.0 Å². The first-order valence-corrected chi connectivity index (χ1v) is 5.44. The number of rotatable bonds is 4. The zero-order chi connectivity index (χ0) is 12.3. The van der Waals surface area contributed by atoms with Crippen LogP contribution in [0.4, 0.5) is 0 Å². The Hall–Kier alpha value is -2.20. The second kappa shape index (κ2) is 4.76. The maximum Gasteiger partial charge on any atom is 0.309 e. The number of carbonyl (C=O) groups is 1. The van der Waals surface area contributed by atoms with Gasteiger partial charge in [-0.3, -0.25) is 4.79 Å². The van der Waals surface area contributed by atoms with Crippen molar-refractivity contribution in [2.24, 2.45) is 5.92 Å². The van der Waals surface area contributed by atoms with Crippen molar-refractivity contribution >= 4 is 5.97 Å². The van der Waals surface area contributed by atoms with E-state index in [1.807, 2.05) is 0 Å². The number of terminal acetylenes is 1. The number of nitrogens with zero attached hydrogens (tertiary/aromatic N) is 2. The molecule has 0 aromatic carbocycles. The average molecular weight is 228 g/mol. The van der Waals surface area contributed by atoms with E-state index in [-0.39, 0.29) is 18.5 Å². The Bertz CT molecular complexity index is 513. The fourth-order valence-corrected chi connectivity index (χ4v) is 1.59. The fraction of sp³-hybridized carbons (Fsp3) is 0.385. The molecular formula is C13H12N2O2. The normalized spacial score (nSPS) is 13.8. The third-order valence-electron chi connectivity index (χ3n) is 2.70. The molecule has 0 N–H and O–H groups in total. The fourth-order valence-electron chi connectivity index (χ4n) is 1.59. The lowest BCUT2D eigenvalue weighted by molar-refractivity contribution is -0.146. The highest BCUT2D eigenvalue weighted by molar-refractivity contribution is 5.74. The van der Waals surface area contributed by atoms with Crippen molar-refractivity contribution in [1.82, 2.24) is 4.57 Å². The van der Waals surface area contributed by atoms with Crippen LogP contribution >= 0.6 is 0 Å². The van der Waals surface area contributed by atoms with E-state index in [4.69, 9.17) is 16.4 Å². The Balaban J connectivity index is 2.03. The molecule has 1 aliphatic carbocycles. The summed E-state index contributed by atoms with van der Waals surface area (Å²) >= 11 is 0. The highest BCUT2D eigenvalue weighted by Crippen LogP contribution is 2.30. The van der Waals surface area contributed by atoms with E-state index in [9.17, 15) is 4.79 Å². The van der Waals surface area contributed by atoms with Gasteiger partial charge >= 0.3 is 5.97 Å². The van der Waals surface area contributed by atoms with Crippen LogP contribution in [0.1, 0.15) is 24.1 Å². The maximum absolute atomic E-state index is 11.4. The summed E-state index contributed by atoms with van der Waals surface area (Å²) in [4.78, 5) is 11.4. The lowest BCUT2D eigenvalue weighted by atomic mass is 10.2. The van der Waals surface area contributed by atoms with Gasteiger partial charge < -0.3 is 9.30 Å². The van der Waals surface area contributed by atoms with Crippen LogP contribution in [0.3, 0.4) is 0 Å². The zero-order valence-corrected chi connectivity index (χ0v) is 9.35. The van der Waals surface area contributed by atoms with Crippen molar-refractivity contribution in [2.45, 2.75) is 26.0 Å². The van der Waals surface area contributed by atoms with E-state index in [0.717, 1.165) is 12.8 Å². The summed E-state index contributed by atoms with van der Waals surface area (Å²) < 4.78 is 6.80. The van der Waals surface area contributed by atoms with Crippen molar-refractivity contribution in [3.05, 3.63) is 23.5 Å². The van der Waals surface area contributed by atoms with E-state index >= 15 is 0 Å². The monoisotopic (exact) mass is 228 g/mol. The first-order valence-electron chi connectivity index (χ1n) is 5.44. The molecule has 0 saturated heterocycles. The molecule has 0 bridgehead atoms. The van der Waals surface area contributed by atoms with Crippen molar-refractivity contribution in [1.29, 1.82) is 5.26 Å². The van der Waals surface area contributed by atoms with Crippen LogP contribution < -0.4 is 0 Å². The molecule has 1 saturated carbocycles. The van der Waals surface area contributed by atoms with Gasteiger partial charge in [-0.25, -0.2) is 0 Å². The number of aromatic nitrogens is 1. The molecule has 17 heavy (non-hydrogen) atoms. The number of hydrogen-bond donors (Lipinski definition) is 0. The van der Waals surface area contributed by atoms with E-state index in [1.54, 1.807) is 16.8 Å². The maximum atomic E-state index is 11.4. The predicted octanol–water partition coefficient (Wildman–Crippen LogP) is 1.45. The lowest BCUT2D eigenvalue weighted by Gasteiger charge is -2.03. The summed E-state index contributed by atoms with van der Waals surface area (Å²) in [5, 5.41) is 9.02. The summed E-state index contributed by atoms with van der Waals surface area (Å²) in [5.41, 5.74) is 1.17. The van der Waals surface area contributed by atoms with Crippen molar-refractivity contribution in [3.8, 4) is 18.4 Å². The molecule has 0 spiro atoms.